The average Bonchev–Trinajstić information content (AvgIpc) is 3.04. The van der Waals surface area contributed by atoms with Gasteiger partial charge in [0.25, 0.3) is 0 Å². The number of amides is 1. The summed E-state index contributed by atoms with van der Waals surface area (Å²) >= 11 is 0. The molecule has 1 fully saturated rings. The molecule has 0 bridgehead atoms. The van der Waals surface area contributed by atoms with Crippen LogP contribution >= 0.6 is 0 Å². The summed E-state index contributed by atoms with van der Waals surface area (Å²) < 4.78 is 0. The Hall–Kier alpha value is -4.47. The van der Waals surface area contributed by atoms with Crippen LogP contribution < -0.4 is 5.32 Å². The van der Waals surface area contributed by atoms with E-state index >= 15 is 0 Å². The van der Waals surface area contributed by atoms with Crippen LogP contribution in [-0.2, 0) is 24.3 Å². The van der Waals surface area contributed by atoms with Crippen LogP contribution in [0.1, 0.15) is 53.1 Å². The topological polar surface area (TPSA) is 112 Å². The van der Waals surface area contributed by atoms with Gasteiger partial charge in [0.1, 0.15) is 0 Å². The Balaban J connectivity index is 1.38. The second-order valence-corrected chi connectivity index (χ2v) is 10.9. The van der Waals surface area contributed by atoms with Crippen LogP contribution in [0.5, 0.6) is 0 Å². The van der Waals surface area contributed by atoms with E-state index in [1.165, 1.54) is 12.1 Å². The van der Waals surface area contributed by atoms with Crippen LogP contribution in [0.2, 0.25) is 0 Å². The van der Waals surface area contributed by atoms with Crippen LogP contribution in [-0.4, -0.2) is 66.9 Å². The summed E-state index contributed by atoms with van der Waals surface area (Å²) in [5, 5.41) is 12.2. The van der Waals surface area contributed by atoms with Crippen LogP contribution in [0.25, 0.3) is 0 Å². The highest BCUT2D eigenvalue weighted by Crippen LogP contribution is 2.30. The fourth-order valence-electron chi connectivity index (χ4n) is 5.88. The molecule has 9 nitrogen and oxygen atoms in total. The molecule has 43 heavy (non-hydrogen) atoms. The number of hydrogen-bond acceptors (Lipinski definition) is 7. The normalized spacial score (nSPS) is 16.7. The zero-order valence-corrected chi connectivity index (χ0v) is 24.3. The molecule has 1 aliphatic carbocycles. The Kier molecular flexibility index (Phi) is 10.6. The molecular weight excluding hydrogens is 540 g/mol. The van der Waals surface area contributed by atoms with E-state index in [-0.39, 0.29) is 30.1 Å². The minimum atomic E-state index is -0.999. The summed E-state index contributed by atoms with van der Waals surface area (Å²) in [6, 6.07) is 24.5. The number of carbonyl (C=O) groups is 2. The van der Waals surface area contributed by atoms with E-state index in [0.717, 1.165) is 55.7 Å². The first kappa shape index (κ1) is 30.0. The summed E-state index contributed by atoms with van der Waals surface area (Å²) in [7, 11) is 0. The molecule has 1 aromatic carbocycles. The van der Waals surface area contributed by atoms with Crippen LogP contribution in [0.4, 0.5) is 5.69 Å². The maximum absolute atomic E-state index is 13.4. The van der Waals surface area contributed by atoms with E-state index in [4.69, 9.17) is 0 Å². The van der Waals surface area contributed by atoms with Gasteiger partial charge < -0.3 is 10.4 Å². The minimum absolute atomic E-state index is 0.128. The summed E-state index contributed by atoms with van der Waals surface area (Å²) in [6.07, 6.45) is 10.5. The third-order valence-electron chi connectivity index (χ3n) is 7.96. The van der Waals surface area contributed by atoms with Crippen molar-refractivity contribution in [3.63, 3.8) is 0 Å². The molecule has 3 aromatic heterocycles. The van der Waals surface area contributed by atoms with E-state index in [9.17, 15) is 14.7 Å². The molecule has 1 unspecified atom stereocenters. The molecule has 0 aliphatic heterocycles. The van der Waals surface area contributed by atoms with Gasteiger partial charge in [0.2, 0.25) is 5.91 Å². The van der Waals surface area contributed by atoms with Crippen molar-refractivity contribution >= 4 is 17.6 Å². The van der Waals surface area contributed by atoms with Crippen molar-refractivity contribution in [2.24, 2.45) is 0 Å². The van der Waals surface area contributed by atoms with Crippen molar-refractivity contribution in [2.45, 2.75) is 57.3 Å². The molecule has 1 amide bonds. The lowest BCUT2D eigenvalue weighted by Crippen LogP contribution is -2.55. The van der Waals surface area contributed by atoms with Gasteiger partial charge >= 0.3 is 5.97 Å². The Morgan fingerprint density at radius 1 is 0.721 bits per heavy atom. The maximum Gasteiger partial charge on any atom is 0.335 e. The fourth-order valence-corrected chi connectivity index (χ4v) is 5.88. The Morgan fingerprint density at radius 2 is 1.26 bits per heavy atom. The number of carboxylic acids is 1. The zero-order chi connectivity index (χ0) is 29.9. The number of nitrogens with zero attached hydrogens (tertiary/aromatic N) is 5. The van der Waals surface area contributed by atoms with Crippen molar-refractivity contribution in [1.82, 2.24) is 24.8 Å². The lowest BCUT2D eigenvalue weighted by Gasteiger charge is -2.45. The lowest BCUT2D eigenvalue weighted by atomic mass is 9.87. The number of aromatic carboxylic acids is 1. The van der Waals surface area contributed by atoms with E-state index < -0.39 is 5.97 Å². The first-order chi connectivity index (χ1) is 21.0. The molecule has 222 valence electrons. The Labute approximate surface area is 252 Å². The van der Waals surface area contributed by atoms with Gasteiger partial charge in [0, 0.05) is 68.1 Å². The molecule has 0 spiro atoms. The van der Waals surface area contributed by atoms with Crippen molar-refractivity contribution in [3.8, 4) is 0 Å². The molecule has 0 radical (unpaired) electrons. The molecular formula is C34H38N6O3. The zero-order valence-electron chi connectivity index (χ0n) is 24.3. The van der Waals surface area contributed by atoms with Crippen molar-refractivity contribution in [3.05, 3.63) is 120 Å². The summed E-state index contributed by atoms with van der Waals surface area (Å²) in [5.74, 6) is -1.14. The van der Waals surface area contributed by atoms with Crippen molar-refractivity contribution in [1.29, 1.82) is 0 Å². The van der Waals surface area contributed by atoms with Gasteiger partial charge in [-0.3, -0.25) is 29.5 Å². The minimum Gasteiger partial charge on any atom is -0.478 e. The summed E-state index contributed by atoms with van der Waals surface area (Å²) in [5.41, 5.74) is 3.74. The average molecular weight is 579 g/mol. The first-order valence-corrected chi connectivity index (χ1v) is 14.9. The highest BCUT2D eigenvalue weighted by Gasteiger charge is 2.35. The first-order valence-electron chi connectivity index (χ1n) is 14.9. The molecule has 2 atom stereocenters. The lowest BCUT2D eigenvalue weighted by molar-refractivity contribution is -0.118. The molecule has 1 saturated carbocycles. The quantitative estimate of drug-likeness (QED) is 0.226. The van der Waals surface area contributed by atoms with E-state index in [0.29, 0.717) is 18.8 Å². The van der Waals surface area contributed by atoms with Gasteiger partial charge in [0.05, 0.1) is 23.5 Å². The number of benzene rings is 1. The number of carboxylic acid groups (broad SMARTS) is 1. The van der Waals surface area contributed by atoms with E-state index in [1.807, 2.05) is 54.9 Å². The van der Waals surface area contributed by atoms with Gasteiger partial charge in [-0.1, -0.05) is 31.0 Å². The van der Waals surface area contributed by atoms with E-state index in [2.05, 4.69) is 42.2 Å². The Bertz CT molecular complexity index is 1440. The number of pyridine rings is 3. The largest absolute Gasteiger partial charge is 0.478 e. The highest BCUT2D eigenvalue weighted by atomic mass is 16.4. The highest BCUT2D eigenvalue weighted by molar-refractivity contribution is 5.93. The van der Waals surface area contributed by atoms with Crippen molar-refractivity contribution < 1.29 is 14.7 Å². The predicted octanol–water partition coefficient (Wildman–Crippen LogP) is 5.07. The van der Waals surface area contributed by atoms with Crippen molar-refractivity contribution in [2.75, 3.05) is 18.4 Å². The number of aromatic nitrogens is 3. The van der Waals surface area contributed by atoms with Crippen LogP contribution in [0, 0.1) is 0 Å². The number of rotatable bonds is 13. The number of carbonyl (C=O) groups excluding carboxylic acids is 1. The molecule has 4 aromatic rings. The number of nitrogens with one attached hydrogen (secondary N) is 1. The summed E-state index contributed by atoms with van der Waals surface area (Å²) in [4.78, 5) is 43.2. The Morgan fingerprint density at radius 3 is 1.79 bits per heavy atom. The standard InChI is InChI=1S/C34H38N6O3/c41-33(38-28-16-14-26(15-17-28)34(42)43)25-40(24-30-11-5-8-21-37-30)32-13-2-1-12-31(32)39(23-29-10-4-7-20-36-29)22-18-27-9-3-6-19-35-27/h3-11,14-17,19-21,31-32H,1-2,12-13,18,22-25H2,(H,38,41)(H,42,43)/t31-,32?/m0/s1. The molecule has 9 heteroatoms. The van der Waals surface area contributed by atoms with Gasteiger partial charge in [-0.05, 0) is 73.5 Å². The van der Waals surface area contributed by atoms with Crippen LogP contribution in [0.3, 0.4) is 0 Å². The molecule has 5 rings (SSSR count). The molecule has 1 aliphatic rings. The van der Waals surface area contributed by atoms with Crippen LogP contribution in [0.15, 0.2) is 97.5 Å². The predicted molar refractivity (Wildman–Crippen MR) is 165 cm³/mol. The maximum atomic E-state index is 13.4. The fraction of sp³-hybridized carbons (Fsp3) is 0.324. The second kappa shape index (κ2) is 15.1. The summed E-state index contributed by atoms with van der Waals surface area (Å²) in [6.45, 7) is 2.28. The molecule has 0 saturated heterocycles. The number of hydrogen-bond donors (Lipinski definition) is 2. The molecule has 3 heterocycles. The van der Waals surface area contributed by atoms with Gasteiger partial charge in [-0.2, -0.15) is 0 Å². The molecule has 2 N–H and O–H groups in total. The third kappa shape index (κ3) is 8.76. The van der Waals surface area contributed by atoms with Gasteiger partial charge in [-0.25, -0.2) is 4.79 Å². The number of anilines is 1. The SMILES string of the molecule is O=C(CN(Cc1ccccn1)C1CCCC[C@@H]1N(CCc1ccccn1)Cc1ccccn1)Nc1ccc(C(=O)O)cc1. The van der Waals surface area contributed by atoms with E-state index in [1.54, 1.807) is 18.3 Å². The third-order valence-corrected chi connectivity index (χ3v) is 7.96. The smallest absolute Gasteiger partial charge is 0.335 e. The van der Waals surface area contributed by atoms with Gasteiger partial charge in [0.15, 0.2) is 0 Å². The van der Waals surface area contributed by atoms with Gasteiger partial charge in [-0.15, -0.1) is 0 Å². The monoisotopic (exact) mass is 578 g/mol. The second-order valence-electron chi connectivity index (χ2n) is 10.9.